The van der Waals surface area contributed by atoms with Crippen molar-refractivity contribution in [1.82, 2.24) is 0 Å². The Balaban J connectivity index is 2.53. The Bertz CT molecular complexity index is 32.7. The monoisotopic (exact) mass is 120 g/mol. The Morgan fingerprint density at radius 2 is 1.88 bits per heavy atom. The summed E-state index contributed by atoms with van der Waals surface area (Å²) in [6.07, 6.45) is 1.79. The molecule has 0 aliphatic carbocycles. The maximum absolute atomic E-state index is 7.82. The van der Waals surface area contributed by atoms with E-state index >= 15 is 0 Å². The van der Waals surface area contributed by atoms with Gasteiger partial charge in [0.25, 0.3) is 0 Å². The molecule has 0 aromatic carbocycles. The number of ether oxygens (including phenoxy) is 1. The van der Waals surface area contributed by atoms with Gasteiger partial charge in [0.2, 0.25) is 0 Å². The van der Waals surface area contributed by atoms with E-state index in [2.05, 4.69) is 4.89 Å². The maximum atomic E-state index is 7.82. The Morgan fingerprint density at radius 1 is 1.25 bits per heavy atom. The van der Waals surface area contributed by atoms with Gasteiger partial charge in [-0.15, -0.1) is 0 Å². The third-order valence-corrected chi connectivity index (χ3v) is 0.834. The van der Waals surface area contributed by atoms with Crippen molar-refractivity contribution in [3.8, 4) is 0 Å². The van der Waals surface area contributed by atoms with Gasteiger partial charge in [-0.3, -0.25) is 5.26 Å². The van der Waals surface area contributed by atoms with E-state index in [9.17, 15) is 0 Å². The fourth-order valence-electron chi connectivity index (χ4n) is 0.413. The lowest BCUT2D eigenvalue weighted by Gasteiger charge is -1.95. The number of hydrogen-bond donors (Lipinski definition) is 1. The Hall–Kier alpha value is -0.120. The number of methoxy groups -OCH3 is 1. The molecule has 0 aliphatic rings. The second-order valence-corrected chi connectivity index (χ2v) is 1.53. The van der Waals surface area contributed by atoms with Crippen LogP contribution in [0.25, 0.3) is 0 Å². The van der Waals surface area contributed by atoms with E-state index in [1.165, 1.54) is 0 Å². The Morgan fingerprint density at radius 3 is 2.38 bits per heavy atom. The molecule has 0 heterocycles. The molecule has 0 aromatic heterocycles. The highest BCUT2D eigenvalue weighted by Gasteiger charge is 1.84. The molecule has 0 saturated heterocycles. The van der Waals surface area contributed by atoms with Gasteiger partial charge >= 0.3 is 0 Å². The molecule has 0 atom stereocenters. The van der Waals surface area contributed by atoms with Crippen LogP contribution in [-0.4, -0.2) is 25.6 Å². The van der Waals surface area contributed by atoms with Crippen molar-refractivity contribution in [2.24, 2.45) is 0 Å². The molecule has 0 amide bonds. The van der Waals surface area contributed by atoms with Crippen LogP contribution in [0, 0.1) is 0 Å². The van der Waals surface area contributed by atoms with Crippen molar-refractivity contribution in [1.29, 1.82) is 0 Å². The summed E-state index contributed by atoms with van der Waals surface area (Å²) in [5.74, 6) is 0. The van der Waals surface area contributed by atoms with E-state index in [1.54, 1.807) is 7.11 Å². The summed E-state index contributed by atoms with van der Waals surface area (Å²) < 4.78 is 4.75. The lowest BCUT2D eigenvalue weighted by atomic mass is 10.3. The van der Waals surface area contributed by atoms with Gasteiger partial charge in [-0.1, -0.05) is 0 Å². The van der Waals surface area contributed by atoms with Crippen LogP contribution in [0.5, 0.6) is 0 Å². The van der Waals surface area contributed by atoms with Crippen molar-refractivity contribution >= 4 is 0 Å². The van der Waals surface area contributed by atoms with E-state index in [1.807, 2.05) is 0 Å². The van der Waals surface area contributed by atoms with Crippen molar-refractivity contribution in [2.45, 2.75) is 12.8 Å². The summed E-state index contributed by atoms with van der Waals surface area (Å²) >= 11 is 0. The first-order chi connectivity index (χ1) is 3.91. The number of rotatable bonds is 5. The predicted molar refractivity (Wildman–Crippen MR) is 29.7 cm³/mol. The number of unbranched alkanes of at least 4 members (excludes halogenated alkanes) is 1. The van der Waals surface area contributed by atoms with Gasteiger partial charge in [-0.2, -0.15) is 0 Å². The highest BCUT2D eigenvalue weighted by molar-refractivity contribution is 4.33. The average Bonchev–Trinajstić information content (AvgIpc) is 1.81. The molecule has 0 radical (unpaired) electrons. The van der Waals surface area contributed by atoms with Crippen LogP contribution in [0.15, 0.2) is 0 Å². The normalized spacial score (nSPS) is 9.75. The van der Waals surface area contributed by atoms with Gasteiger partial charge in [0, 0.05) is 13.7 Å². The van der Waals surface area contributed by atoms with E-state index in [0.717, 1.165) is 19.4 Å². The lowest BCUT2D eigenvalue weighted by molar-refractivity contribution is -0.243. The zero-order valence-corrected chi connectivity index (χ0v) is 5.09. The first-order valence-electron chi connectivity index (χ1n) is 2.67. The van der Waals surface area contributed by atoms with Crippen molar-refractivity contribution in [2.75, 3.05) is 20.3 Å². The van der Waals surface area contributed by atoms with Crippen molar-refractivity contribution in [3.05, 3.63) is 0 Å². The summed E-state index contributed by atoms with van der Waals surface area (Å²) in [6, 6.07) is 0. The molecule has 0 aliphatic heterocycles. The van der Waals surface area contributed by atoms with Crippen LogP contribution in [0.1, 0.15) is 12.8 Å². The second-order valence-electron chi connectivity index (χ2n) is 1.53. The molecule has 0 aromatic rings. The van der Waals surface area contributed by atoms with Crippen LogP contribution in [0.4, 0.5) is 0 Å². The van der Waals surface area contributed by atoms with Crippen LogP contribution in [0.2, 0.25) is 0 Å². The molecule has 50 valence electrons. The second kappa shape index (κ2) is 6.88. The van der Waals surface area contributed by atoms with Crippen molar-refractivity contribution < 1.29 is 14.9 Å². The summed E-state index contributed by atoms with van der Waals surface area (Å²) in [7, 11) is 1.65. The standard InChI is InChI=1S/C5H12O3/c1-7-4-2-3-5-8-6/h6H,2-5H2,1H3. The lowest BCUT2D eigenvalue weighted by Crippen LogP contribution is -1.93. The highest BCUT2D eigenvalue weighted by Crippen LogP contribution is 1.87. The molecule has 0 saturated carbocycles. The van der Waals surface area contributed by atoms with Crippen LogP contribution in [0.3, 0.4) is 0 Å². The van der Waals surface area contributed by atoms with E-state index < -0.39 is 0 Å². The molecule has 0 unspecified atom stereocenters. The maximum Gasteiger partial charge on any atom is 0.0820 e. The molecule has 3 heteroatoms. The molecule has 1 N–H and O–H groups in total. The van der Waals surface area contributed by atoms with E-state index in [0.29, 0.717) is 6.61 Å². The zero-order chi connectivity index (χ0) is 6.24. The molecule has 0 rings (SSSR count). The topological polar surface area (TPSA) is 38.7 Å². The molecule has 3 nitrogen and oxygen atoms in total. The number of hydrogen-bond acceptors (Lipinski definition) is 3. The molecule has 8 heavy (non-hydrogen) atoms. The fraction of sp³-hybridized carbons (Fsp3) is 1.00. The minimum atomic E-state index is 0.406. The largest absolute Gasteiger partial charge is 0.385 e. The van der Waals surface area contributed by atoms with Gasteiger partial charge < -0.3 is 4.74 Å². The average molecular weight is 120 g/mol. The Kier molecular flexibility index (Phi) is 6.78. The van der Waals surface area contributed by atoms with Crippen LogP contribution < -0.4 is 0 Å². The predicted octanol–water partition coefficient (Wildman–Crippen LogP) is 0.903. The Labute approximate surface area is 49.1 Å². The van der Waals surface area contributed by atoms with Gasteiger partial charge in [-0.05, 0) is 12.8 Å². The molecular formula is C5H12O3. The molecular weight excluding hydrogens is 108 g/mol. The third kappa shape index (κ3) is 5.88. The quantitative estimate of drug-likeness (QED) is 0.333. The first kappa shape index (κ1) is 7.88. The summed E-state index contributed by atoms with van der Waals surface area (Å²) in [5.41, 5.74) is 0. The fourth-order valence-corrected chi connectivity index (χ4v) is 0.413. The van der Waals surface area contributed by atoms with E-state index in [-0.39, 0.29) is 0 Å². The van der Waals surface area contributed by atoms with Gasteiger partial charge in [0.15, 0.2) is 0 Å². The molecule has 0 fully saturated rings. The summed E-state index contributed by atoms with van der Waals surface area (Å²) in [4.78, 5) is 3.83. The molecule has 0 bridgehead atoms. The highest BCUT2D eigenvalue weighted by atomic mass is 17.1. The first-order valence-corrected chi connectivity index (χ1v) is 2.67. The smallest absolute Gasteiger partial charge is 0.0820 e. The molecule has 0 spiro atoms. The van der Waals surface area contributed by atoms with Crippen LogP contribution >= 0.6 is 0 Å². The minimum Gasteiger partial charge on any atom is -0.385 e. The summed E-state index contributed by atoms with van der Waals surface area (Å²) in [6.45, 7) is 1.15. The van der Waals surface area contributed by atoms with Gasteiger partial charge in [0.1, 0.15) is 0 Å². The zero-order valence-electron chi connectivity index (χ0n) is 5.09. The van der Waals surface area contributed by atoms with E-state index in [4.69, 9.17) is 9.99 Å². The van der Waals surface area contributed by atoms with Gasteiger partial charge in [0.05, 0.1) is 6.61 Å². The minimum absolute atomic E-state index is 0.406. The van der Waals surface area contributed by atoms with Crippen LogP contribution in [-0.2, 0) is 9.62 Å². The summed E-state index contributed by atoms with van der Waals surface area (Å²) in [5, 5.41) is 7.82. The SMILES string of the molecule is COCCCCOO. The van der Waals surface area contributed by atoms with Crippen molar-refractivity contribution in [3.63, 3.8) is 0 Å². The van der Waals surface area contributed by atoms with Gasteiger partial charge in [-0.25, -0.2) is 4.89 Å². The third-order valence-electron chi connectivity index (χ3n) is 0.834.